The SMILES string of the molecule is CSCCCN(C)C(C)=O. The van der Waals surface area contributed by atoms with E-state index in [0.29, 0.717) is 0 Å². The van der Waals surface area contributed by atoms with E-state index in [-0.39, 0.29) is 5.91 Å². The van der Waals surface area contributed by atoms with Gasteiger partial charge in [0.2, 0.25) is 5.91 Å². The molecule has 60 valence electrons. The Morgan fingerprint density at radius 2 is 2.20 bits per heavy atom. The summed E-state index contributed by atoms with van der Waals surface area (Å²) in [6, 6.07) is 0. The Kier molecular flexibility index (Phi) is 5.49. The molecule has 2 nitrogen and oxygen atoms in total. The van der Waals surface area contributed by atoms with Crippen molar-refractivity contribution in [3.05, 3.63) is 0 Å². The van der Waals surface area contributed by atoms with E-state index < -0.39 is 0 Å². The Bertz CT molecular complexity index is 106. The number of thioether (sulfide) groups is 1. The molecule has 3 heteroatoms. The van der Waals surface area contributed by atoms with Crippen LogP contribution in [0.25, 0.3) is 0 Å². The molecule has 0 spiro atoms. The van der Waals surface area contributed by atoms with Gasteiger partial charge in [-0.25, -0.2) is 0 Å². The van der Waals surface area contributed by atoms with Gasteiger partial charge in [-0.05, 0) is 18.4 Å². The van der Waals surface area contributed by atoms with Crippen LogP contribution in [-0.4, -0.2) is 36.4 Å². The standard InChI is InChI=1S/C7H15NOS/c1-7(9)8(2)5-4-6-10-3/h4-6H2,1-3H3. The zero-order chi connectivity index (χ0) is 7.98. The molecule has 0 aromatic rings. The second kappa shape index (κ2) is 5.59. The van der Waals surface area contributed by atoms with Gasteiger partial charge in [-0.3, -0.25) is 4.79 Å². The normalized spacial score (nSPS) is 9.50. The quantitative estimate of drug-likeness (QED) is 0.578. The Labute approximate surface area is 67.0 Å². The molecule has 0 rings (SSSR count). The first-order valence-corrected chi connectivity index (χ1v) is 4.78. The second-order valence-electron chi connectivity index (χ2n) is 2.29. The molecule has 0 aromatic carbocycles. The van der Waals surface area contributed by atoms with Crippen molar-refractivity contribution in [3.8, 4) is 0 Å². The average molecular weight is 161 g/mol. The van der Waals surface area contributed by atoms with Crippen LogP contribution in [0.3, 0.4) is 0 Å². The minimum atomic E-state index is 0.154. The summed E-state index contributed by atoms with van der Waals surface area (Å²) >= 11 is 1.82. The van der Waals surface area contributed by atoms with Crippen molar-refractivity contribution in [1.82, 2.24) is 4.90 Å². The van der Waals surface area contributed by atoms with Crippen molar-refractivity contribution in [2.45, 2.75) is 13.3 Å². The molecule has 0 atom stereocenters. The van der Waals surface area contributed by atoms with Crippen molar-refractivity contribution >= 4 is 17.7 Å². The van der Waals surface area contributed by atoms with E-state index in [9.17, 15) is 4.79 Å². The van der Waals surface area contributed by atoms with Gasteiger partial charge < -0.3 is 4.90 Å². The monoisotopic (exact) mass is 161 g/mol. The largest absolute Gasteiger partial charge is 0.346 e. The molecule has 0 radical (unpaired) electrons. The summed E-state index contributed by atoms with van der Waals surface area (Å²) in [7, 11) is 1.84. The van der Waals surface area contributed by atoms with Crippen LogP contribution in [0.2, 0.25) is 0 Å². The van der Waals surface area contributed by atoms with Crippen LogP contribution in [0.1, 0.15) is 13.3 Å². The third-order valence-electron chi connectivity index (χ3n) is 1.38. The maximum absolute atomic E-state index is 10.7. The fraction of sp³-hybridized carbons (Fsp3) is 0.857. The summed E-state index contributed by atoms with van der Waals surface area (Å²) in [5, 5.41) is 0. The zero-order valence-corrected chi connectivity index (χ0v) is 7.70. The third kappa shape index (κ3) is 4.68. The highest BCUT2D eigenvalue weighted by molar-refractivity contribution is 7.98. The lowest BCUT2D eigenvalue weighted by Crippen LogP contribution is -2.25. The highest BCUT2D eigenvalue weighted by atomic mass is 32.2. The molecule has 0 aliphatic heterocycles. The lowest BCUT2D eigenvalue weighted by molar-refractivity contribution is -0.127. The van der Waals surface area contributed by atoms with Crippen LogP contribution in [0.5, 0.6) is 0 Å². The van der Waals surface area contributed by atoms with Gasteiger partial charge in [0.25, 0.3) is 0 Å². The maximum Gasteiger partial charge on any atom is 0.219 e. The Balaban J connectivity index is 3.21. The first kappa shape index (κ1) is 9.82. The number of carbonyl (C=O) groups excluding carboxylic acids is 1. The van der Waals surface area contributed by atoms with Crippen LogP contribution in [-0.2, 0) is 4.79 Å². The number of nitrogens with zero attached hydrogens (tertiary/aromatic N) is 1. The number of carbonyl (C=O) groups is 1. The van der Waals surface area contributed by atoms with E-state index in [1.54, 1.807) is 11.8 Å². The summed E-state index contributed by atoms with van der Waals surface area (Å²) in [4.78, 5) is 12.4. The molecule has 0 unspecified atom stereocenters. The Morgan fingerprint density at radius 3 is 2.60 bits per heavy atom. The van der Waals surface area contributed by atoms with Gasteiger partial charge in [0.1, 0.15) is 0 Å². The van der Waals surface area contributed by atoms with Crippen LogP contribution >= 0.6 is 11.8 Å². The van der Waals surface area contributed by atoms with Crippen LogP contribution < -0.4 is 0 Å². The predicted octanol–water partition coefficient (Wildman–Crippen LogP) is 1.22. The molecule has 0 aliphatic rings. The van der Waals surface area contributed by atoms with Gasteiger partial charge in [0.15, 0.2) is 0 Å². The highest BCUT2D eigenvalue weighted by Crippen LogP contribution is 1.96. The molecule has 0 aromatic heterocycles. The van der Waals surface area contributed by atoms with Crippen LogP contribution in [0, 0.1) is 0 Å². The highest BCUT2D eigenvalue weighted by Gasteiger charge is 1.99. The Morgan fingerprint density at radius 1 is 1.60 bits per heavy atom. The topological polar surface area (TPSA) is 20.3 Å². The number of hydrogen-bond donors (Lipinski definition) is 0. The molecule has 1 amide bonds. The smallest absolute Gasteiger partial charge is 0.219 e. The number of hydrogen-bond acceptors (Lipinski definition) is 2. The number of amides is 1. The molecule has 0 aliphatic carbocycles. The lowest BCUT2D eigenvalue weighted by atomic mass is 10.4. The van der Waals surface area contributed by atoms with E-state index in [1.807, 2.05) is 18.8 Å². The molecule has 0 N–H and O–H groups in total. The molecule has 0 bridgehead atoms. The molecular weight excluding hydrogens is 146 g/mol. The van der Waals surface area contributed by atoms with E-state index in [4.69, 9.17) is 0 Å². The van der Waals surface area contributed by atoms with Crippen LogP contribution in [0.15, 0.2) is 0 Å². The minimum absolute atomic E-state index is 0.154. The van der Waals surface area contributed by atoms with Crippen molar-refractivity contribution in [1.29, 1.82) is 0 Å². The van der Waals surface area contributed by atoms with Gasteiger partial charge in [-0.2, -0.15) is 11.8 Å². The zero-order valence-electron chi connectivity index (χ0n) is 6.89. The predicted molar refractivity (Wildman–Crippen MR) is 46.3 cm³/mol. The van der Waals surface area contributed by atoms with Crippen LogP contribution in [0.4, 0.5) is 0 Å². The summed E-state index contributed by atoms with van der Waals surface area (Å²) in [5.74, 6) is 1.29. The summed E-state index contributed by atoms with van der Waals surface area (Å²) in [6.45, 7) is 2.48. The molecule has 0 fully saturated rings. The third-order valence-corrected chi connectivity index (χ3v) is 2.08. The van der Waals surface area contributed by atoms with Gasteiger partial charge in [-0.15, -0.1) is 0 Å². The fourth-order valence-corrected chi connectivity index (χ4v) is 1.02. The van der Waals surface area contributed by atoms with Crippen molar-refractivity contribution < 1.29 is 4.79 Å². The summed E-state index contributed by atoms with van der Waals surface area (Å²) in [5.41, 5.74) is 0. The van der Waals surface area contributed by atoms with Crippen molar-refractivity contribution in [2.24, 2.45) is 0 Å². The fourth-order valence-electron chi connectivity index (χ4n) is 0.604. The molecule has 0 saturated heterocycles. The average Bonchev–Trinajstić information content (AvgIpc) is 1.88. The number of rotatable bonds is 4. The molecule has 0 heterocycles. The lowest BCUT2D eigenvalue weighted by Gasteiger charge is -2.13. The maximum atomic E-state index is 10.7. The molecular formula is C7H15NOS. The summed E-state index contributed by atoms with van der Waals surface area (Å²) in [6.07, 6.45) is 3.17. The van der Waals surface area contributed by atoms with E-state index in [2.05, 4.69) is 6.26 Å². The minimum Gasteiger partial charge on any atom is -0.346 e. The summed E-state index contributed by atoms with van der Waals surface area (Å²) < 4.78 is 0. The van der Waals surface area contributed by atoms with Gasteiger partial charge in [0, 0.05) is 20.5 Å². The molecule has 10 heavy (non-hydrogen) atoms. The van der Waals surface area contributed by atoms with E-state index in [0.717, 1.165) is 18.7 Å². The second-order valence-corrected chi connectivity index (χ2v) is 3.27. The van der Waals surface area contributed by atoms with Gasteiger partial charge in [-0.1, -0.05) is 0 Å². The van der Waals surface area contributed by atoms with Crippen molar-refractivity contribution in [2.75, 3.05) is 25.6 Å². The van der Waals surface area contributed by atoms with Crippen molar-refractivity contribution in [3.63, 3.8) is 0 Å². The van der Waals surface area contributed by atoms with E-state index >= 15 is 0 Å². The van der Waals surface area contributed by atoms with Gasteiger partial charge in [0.05, 0.1) is 0 Å². The van der Waals surface area contributed by atoms with E-state index in [1.165, 1.54) is 0 Å². The Hall–Kier alpha value is -0.180. The van der Waals surface area contributed by atoms with Gasteiger partial charge >= 0.3 is 0 Å². The first-order valence-electron chi connectivity index (χ1n) is 3.39. The first-order chi connectivity index (χ1) is 4.68. The molecule has 0 saturated carbocycles.